The molecule has 31 heavy (non-hydrogen) atoms. The summed E-state index contributed by atoms with van der Waals surface area (Å²) in [5.41, 5.74) is 4.76. The van der Waals surface area contributed by atoms with Crippen LogP contribution in [-0.2, 0) is 16.4 Å². The van der Waals surface area contributed by atoms with Crippen molar-refractivity contribution < 1.29 is 13.3 Å². The molecule has 2 aromatic carbocycles. The van der Waals surface area contributed by atoms with Crippen molar-refractivity contribution in [1.82, 2.24) is 0 Å². The predicted octanol–water partition coefficient (Wildman–Crippen LogP) is 7.22. The number of aromatic nitrogens is 1. The van der Waals surface area contributed by atoms with E-state index in [0.29, 0.717) is 10.9 Å². The molecule has 3 aromatic rings. The maximum absolute atomic E-state index is 15.6. The largest absolute Gasteiger partial charge is 0.222 e. The van der Waals surface area contributed by atoms with Crippen LogP contribution < -0.4 is 4.57 Å². The molecule has 0 amide bonds. The van der Waals surface area contributed by atoms with Gasteiger partial charge in [-0.25, -0.2) is 8.78 Å². The number of aryl methyl sites for hydroxylation is 1. The highest BCUT2D eigenvalue weighted by Crippen LogP contribution is 2.58. The minimum atomic E-state index is -0.550. The molecule has 1 aromatic heterocycles. The molecule has 1 nitrogen and oxygen atoms in total. The Kier molecular flexibility index (Phi) is 4.09. The van der Waals surface area contributed by atoms with E-state index in [0.717, 1.165) is 47.0 Å². The van der Waals surface area contributed by atoms with Crippen LogP contribution in [-0.4, -0.2) is 0 Å². The average Bonchev–Trinajstić information content (AvgIpc) is 2.75. The third-order valence-corrected chi connectivity index (χ3v) is 9.01. The summed E-state index contributed by atoms with van der Waals surface area (Å²) in [6.07, 6.45) is 4.93. The zero-order valence-electron chi connectivity index (χ0n) is 19.7. The zero-order chi connectivity index (χ0) is 22.5. The van der Waals surface area contributed by atoms with E-state index < -0.39 is 5.41 Å². The summed E-state index contributed by atoms with van der Waals surface area (Å²) < 4.78 is 33.3. The molecule has 1 aliphatic carbocycles. The summed E-state index contributed by atoms with van der Waals surface area (Å²) in [5.74, 6) is -0.332. The molecule has 5 rings (SSSR count). The van der Waals surface area contributed by atoms with E-state index in [2.05, 4.69) is 52.3 Å². The Morgan fingerprint density at radius 2 is 1.58 bits per heavy atom. The molecule has 0 spiro atoms. The van der Waals surface area contributed by atoms with Crippen molar-refractivity contribution in [2.45, 2.75) is 84.1 Å². The van der Waals surface area contributed by atoms with E-state index in [9.17, 15) is 0 Å². The highest BCUT2D eigenvalue weighted by atomic mass is 19.1. The maximum atomic E-state index is 15.6. The summed E-state index contributed by atoms with van der Waals surface area (Å²) in [6, 6.07) is 7.57. The number of rotatable bonds is 3. The van der Waals surface area contributed by atoms with Gasteiger partial charge in [0.15, 0.2) is 11.7 Å². The Bertz CT molecular complexity index is 1270. The van der Waals surface area contributed by atoms with Gasteiger partial charge in [0.1, 0.15) is 11.6 Å². The predicted molar refractivity (Wildman–Crippen MR) is 123 cm³/mol. The lowest BCUT2D eigenvalue weighted by atomic mass is 9.55. The van der Waals surface area contributed by atoms with Crippen LogP contribution in [0.25, 0.3) is 22.0 Å². The molecule has 0 fully saturated rings. The van der Waals surface area contributed by atoms with Crippen molar-refractivity contribution in [3.8, 4) is 11.3 Å². The van der Waals surface area contributed by atoms with Crippen LogP contribution in [0.2, 0.25) is 0 Å². The van der Waals surface area contributed by atoms with Crippen LogP contribution in [0.1, 0.15) is 83.1 Å². The molecule has 3 heteroatoms. The van der Waals surface area contributed by atoms with Crippen LogP contribution >= 0.6 is 0 Å². The number of pyridine rings is 1. The maximum Gasteiger partial charge on any atom is 0.222 e. The summed E-state index contributed by atoms with van der Waals surface area (Å²) >= 11 is 0. The van der Waals surface area contributed by atoms with Gasteiger partial charge in [0.2, 0.25) is 5.69 Å². The van der Waals surface area contributed by atoms with Crippen LogP contribution in [0.15, 0.2) is 30.5 Å². The molecule has 1 unspecified atom stereocenters. The number of hydrogen-bond donors (Lipinski definition) is 0. The van der Waals surface area contributed by atoms with Crippen LogP contribution in [0, 0.1) is 18.6 Å². The Balaban J connectivity index is 2.14. The highest BCUT2D eigenvalue weighted by molar-refractivity contribution is 6.02. The summed E-state index contributed by atoms with van der Waals surface area (Å²) in [5, 5.41) is 1.60. The van der Waals surface area contributed by atoms with Crippen LogP contribution in [0.3, 0.4) is 0 Å². The first-order valence-corrected chi connectivity index (χ1v) is 11.6. The molecule has 0 N–H and O–H groups in total. The fourth-order valence-electron chi connectivity index (χ4n) is 7.11. The summed E-state index contributed by atoms with van der Waals surface area (Å²) in [4.78, 5) is 0. The lowest BCUT2D eigenvalue weighted by Crippen LogP contribution is -2.68. The summed E-state index contributed by atoms with van der Waals surface area (Å²) in [7, 11) is 0. The molecule has 0 saturated heterocycles. The van der Waals surface area contributed by atoms with Crippen molar-refractivity contribution in [3.05, 3.63) is 64.4 Å². The second kappa shape index (κ2) is 6.15. The molecule has 0 saturated carbocycles. The van der Waals surface area contributed by atoms with Crippen molar-refractivity contribution in [2.24, 2.45) is 0 Å². The monoisotopic (exact) mass is 420 g/mol. The van der Waals surface area contributed by atoms with E-state index in [1.165, 1.54) is 5.56 Å². The summed E-state index contributed by atoms with van der Waals surface area (Å²) in [6.45, 7) is 15.1. The highest BCUT2D eigenvalue weighted by Gasteiger charge is 2.60. The third kappa shape index (κ3) is 2.09. The number of nitrogens with zero attached hydrogens (tertiary/aromatic N) is 1. The van der Waals surface area contributed by atoms with Gasteiger partial charge in [0, 0.05) is 35.8 Å². The fraction of sp³-hybridized carbons (Fsp3) is 0.464. The van der Waals surface area contributed by atoms with E-state index in [1.807, 2.05) is 25.1 Å². The SMILES string of the molecule is CCC1(CC)c2ccc(F)c3c2-c2c4c(cc(C)c(F)c4cc[n+]2C1(C)CC)C3(C)C. The molecule has 2 heterocycles. The second-order valence-corrected chi connectivity index (χ2v) is 10.3. The molecule has 1 aliphatic heterocycles. The Morgan fingerprint density at radius 3 is 2.19 bits per heavy atom. The smallest absolute Gasteiger partial charge is 0.207 e. The minimum absolute atomic E-state index is 0.123. The van der Waals surface area contributed by atoms with Gasteiger partial charge in [-0.3, -0.25) is 0 Å². The quantitative estimate of drug-likeness (QED) is 0.394. The van der Waals surface area contributed by atoms with Crippen molar-refractivity contribution in [2.75, 3.05) is 0 Å². The van der Waals surface area contributed by atoms with Gasteiger partial charge in [0.25, 0.3) is 0 Å². The molecule has 0 bridgehead atoms. The van der Waals surface area contributed by atoms with Crippen LogP contribution in [0.4, 0.5) is 8.78 Å². The Labute approximate surface area is 184 Å². The third-order valence-electron chi connectivity index (χ3n) is 9.01. The second-order valence-electron chi connectivity index (χ2n) is 10.3. The van der Waals surface area contributed by atoms with Gasteiger partial charge in [-0.05, 0) is 42.5 Å². The lowest BCUT2D eigenvalue weighted by Gasteiger charge is -2.50. The first kappa shape index (κ1) is 20.6. The Hall–Kier alpha value is -2.29. The van der Waals surface area contributed by atoms with Crippen LogP contribution in [0.5, 0.6) is 0 Å². The van der Waals surface area contributed by atoms with Gasteiger partial charge in [-0.15, -0.1) is 0 Å². The van der Waals surface area contributed by atoms with Gasteiger partial charge >= 0.3 is 0 Å². The Morgan fingerprint density at radius 1 is 0.903 bits per heavy atom. The first-order chi connectivity index (χ1) is 14.6. The van der Waals surface area contributed by atoms with E-state index >= 15 is 8.78 Å². The average molecular weight is 421 g/mol. The molecule has 0 radical (unpaired) electrons. The van der Waals surface area contributed by atoms with E-state index in [1.54, 1.807) is 6.07 Å². The van der Waals surface area contributed by atoms with Gasteiger partial charge < -0.3 is 0 Å². The first-order valence-electron chi connectivity index (χ1n) is 11.6. The van der Waals surface area contributed by atoms with Crippen molar-refractivity contribution in [3.63, 3.8) is 0 Å². The standard InChI is InChI=1S/C28H32F2N/c1-8-27(7)28(9-2,10-3)18-11-12-20(29)23-22(18)25-21-17(13-14-31(25)27)24(30)16(4)15-19(21)26(23,5)6/h11-15H,8-10H2,1-7H3/q+1. The molecular formula is C28H32F2N+. The van der Waals surface area contributed by atoms with Crippen molar-refractivity contribution in [1.29, 1.82) is 0 Å². The fourth-order valence-corrected chi connectivity index (χ4v) is 7.11. The van der Waals surface area contributed by atoms with E-state index in [4.69, 9.17) is 0 Å². The van der Waals surface area contributed by atoms with Gasteiger partial charge in [0.05, 0.1) is 16.4 Å². The van der Waals surface area contributed by atoms with Gasteiger partial charge in [-0.1, -0.05) is 46.8 Å². The topological polar surface area (TPSA) is 3.88 Å². The zero-order valence-corrected chi connectivity index (χ0v) is 19.7. The normalized spacial score (nSPS) is 22.1. The lowest BCUT2D eigenvalue weighted by molar-refractivity contribution is -0.765. The minimum Gasteiger partial charge on any atom is -0.207 e. The van der Waals surface area contributed by atoms with Gasteiger partial charge in [-0.2, -0.15) is 4.57 Å². The van der Waals surface area contributed by atoms with Crippen molar-refractivity contribution >= 4 is 10.8 Å². The number of benzene rings is 2. The molecule has 1 atom stereocenters. The molecule has 162 valence electrons. The van der Waals surface area contributed by atoms with E-state index in [-0.39, 0.29) is 22.6 Å². The number of hydrogen-bond acceptors (Lipinski definition) is 0. The molecular weight excluding hydrogens is 388 g/mol. The number of halogens is 2. The molecule has 2 aliphatic rings.